The van der Waals surface area contributed by atoms with Crippen LogP contribution in [0.25, 0.3) is 16.9 Å². The molecule has 1 saturated carbocycles. The normalized spacial score (nSPS) is 14.2. The minimum Gasteiger partial charge on any atom is -0.322 e. The van der Waals surface area contributed by atoms with E-state index in [0.29, 0.717) is 15.1 Å². The Morgan fingerprint density at radius 1 is 1.08 bits per heavy atom. The lowest BCUT2D eigenvalue weighted by Crippen LogP contribution is -2.25. The number of carbonyl (C=O) groups excluding carboxylic acids is 1. The van der Waals surface area contributed by atoms with Gasteiger partial charge in [-0.3, -0.25) is 4.79 Å². The summed E-state index contributed by atoms with van der Waals surface area (Å²) in [5.74, 6) is -0.802. The lowest BCUT2D eigenvalue weighted by Gasteiger charge is -2.12. The van der Waals surface area contributed by atoms with Gasteiger partial charge in [0.1, 0.15) is 5.56 Å². The number of hydrogen-bond donors (Lipinski definition) is 2. The summed E-state index contributed by atoms with van der Waals surface area (Å²) in [6.45, 7) is 0. The molecule has 2 N–H and O–H groups in total. The molecule has 5 rings (SSSR count). The van der Waals surface area contributed by atoms with E-state index in [2.05, 4.69) is 20.1 Å². The number of sulfonamides is 1. The number of rotatable bonds is 6. The number of hydrogen-bond acceptors (Lipinski definition) is 5. The van der Waals surface area contributed by atoms with Crippen molar-refractivity contribution in [1.29, 1.82) is 0 Å². The summed E-state index contributed by atoms with van der Waals surface area (Å²) < 4.78 is 69.5. The Morgan fingerprint density at radius 3 is 2.47 bits per heavy atom. The first-order valence-electron chi connectivity index (χ1n) is 10.7. The maximum atomic E-state index is 13.8. The van der Waals surface area contributed by atoms with Crippen molar-refractivity contribution in [2.24, 2.45) is 0 Å². The number of nitrogens with zero attached hydrogens (tertiary/aromatic N) is 3. The molecular formula is C23H17ClF3N5O3S. The van der Waals surface area contributed by atoms with E-state index < -0.39 is 27.8 Å². The Kier molecular flexibility index (Phi) is 5.97. The van der Waals surface area contributed by atoms with Gasteiger partial charge in [0.15, 0.2) is 11.3 Å². The molecule has 1 aliphatic carbocycles. The summed E-state index contributed by atoms with van der Waals surface area (Å²) in [6, 6.07) is 12.4. The van der Waals surface area contributed by atoms with Gasteiger partial charge in [0.05, 0.1) is 16.8 Å². The molecule has 1 aliphatic rings. The van der Waals surface area contributed by atoms with Crippen molar-refractivity contribution in [2.45, 2.75) is 30.0 Å². The van der Waals surface area contributed by atoms with Gasteiger partial charge in [-0.1, -0.05) is 29.8 Å². The first-order valence-corrected chi connectivity index (χ1v) is 12.5. The molecule has 0 saturated heterocycles. The van der Waals surface area contributed by atoms with E-state index in [4.69, 9.17) is 11.6 Å². The Hall–Kier alpha value is -3.48. The van der Waals surface area contributed by atoms with E-state index in [1.807, 2.05) is 0 Å². The monoisotopic (exact) mass is 535 g/mol. The van der Waals surface area contributed by atoms with Crippen LogP contribution in [-0.4, -0.2) is 35.0 Å². The minimum atomic E-state index is -4.78. The van der Waals surface area contributed by atoms with Crippen LogP contribution in [0.3, 0.4) is 0 Å². The third-order valence-corrected chi connectivity index (χ3v) is 7.22. The van der Waals surface area contributed by atoms with E-state index in [0.717, 1.165) is 25.1 Å². The van der Waals surface area contributed by atoms with Gasteiger partial charge >= 0.3 is 6.18 Å². The zero-order chi connectivity index (χ0) is 25.7. The van der Waals surface area contributed by atoms with Crippen molar-refractivity contribution in [3.05, 3.63) is 77.1 Å². The first kappa shape index (κ1) is 24.2. The summed E-state index contributed by atoms with van der Waals surface area (Å²) in [6.07, 6.45) is -2.28. The number of carbonyl (C=O) groups is 1. The summed E-state index contributed by atoms with van der Waals surface area (Å²) in [7, 11) is -3.77. The van der Waals surface area contributed by atoms with Crippen LogP contribution in [0.4, 0.5) is 18.9 Å². The van der Waals surface area contributed by atoms with E-state index in [1.54, 1.807) is 0 Å². The maximum Gasteiger partial charge on any atom is 0.433 e. The number of alkyl halides is 3. The molecule has 0 aliphatic heterocycles. The third-order valence-electron chi connectivity index (χ3n) is 5.45. The Balaban J connectivity index is 1.52. The Bertz CT molecular complexity index is 1580. The van der Waals surface area contributed by atoms with Crippen molar-refractivity contribution in [1.82, 2.24) is 19.3 Å². The van der Waals surface area contributed by atoms with Gasteiger partial charge in [0, 0.05) is 22.3 Å². The molecule has 4 aromatic rings. The van der Waals surface area contributed by atoms with Gasteiger partial charge in [-0.05, 0) is 49.2 Å². The van der Waals surface area contributed by atoms with E-state index in [1.165, 1.54) is 48.5 Å². The van der Waals surface area contributed by atoms with E-state index >= 15 is 0 Å². The number of anilines is 1. The van der Waals surface area contributed by atoms with Crippen molar-refractivity contribution in [3.63, 3.8) is 0 Å². The predicted molar refractivity (Wildman–Crippen MR) is 126 cm³/mol. The second-order valence-corrected chi connectivity index (χ2v) is 10.4. The van der Waals surface area contributed by atoms with Crippen LogP contribution in [0.2, 0.25) is 5.02 Å². The fourth-order valence-corrected chi connectivity index (χ4v) is 5.00. The molecule has 0 radical (unpaired) electrons. The summed E-state index contributed by atoms with van der Waals surface area (Å²) in [5, 5.41) is 6.66. The topological polar surface area (TPSA) is 105 Å². The van der Waals surface area contributed by atoms with Crippen LogP contribution in [0.15, 0.2) is 65.7 Å². The molecule has 36 heavy (non-hydrogen) atoms. The molecule has 0 bridgehead atoms. The zero-order valence-electron chi connectivity index (χ0n) is 18.3. The molecule has 2 heterocycles. The van der Waals surface area contributed by atoms with Gasteiger partial charge < -0.3 is 5.32 Å². The van der Waals surface area contributed by atoms with E-state index in [9.17, 15) is 26.4 Å². The highest BCUT2D eigenvalue weighted by Gasteiger charge is 2.36. The maximum absolute atomic E-state index is 13.8. The number of halogens is 4. The quantitative estimate of drug-likeness (QED) is 0.370. The second-order valence-electron chi connectivity index (χ2n) is 8.20. The molecule has 13 heteroatoms. The number of amides is 1. The van der Waals surface area contributed by atoms with Crippen LogP contribution >= 0.6 is 11.6 Å². The smallest absolute Gasteiger partial charge is 0.322 e. The number of aromatic nitrogens is 3. The predicted octanol–water partition coefficient (Wildman–Crippen LogP) is 4.76. The van der Waals surface area contributed by atoms with Crippen LogP contribution < -0.4 is 10.0 Å². The second kappa shape index (κ2) is 8.87. The largest absolute Gasteiger partial charge is 0.433 e. The molecule has 2 aromatic heterocycles. The Morgan fingerprint density at radius 2 is 1.81 bits per heavy atom. The van der Waals surface area contributed by atoms with Crippen molar-refractivity contribution in [3.8, 4) is 11.3 Å². The molecule has 0 spiro atoms. The number of nitrogens with one attached hydrogen (secondary N) is 2. The number of fused-ring (bicyclic) bond motifs is 1. The summed E-state index contributed by atoms with van der Waals surface area (Å²) >= 11 is 5.88. The van der Waals surface area contributed by atoms with Crippen molar-refractivity contribution < 1.29 is 26.4 Å². The van der Waals surface area contributed by atoms with Crippen molar-refractivity contribution >= 4 is 38.9 Å². The molecular weight excluding hydrogens is 519 g/mol. The van der Waals surface area contributed by atoms with Gasteiger partial charge in [-0.2, -0.15) is 18.3 Å². The highest BCUT2D eigenvalue weighted by atomic mass is 35.5. The average molecular weight is 536 g/mol. The average Bonchev–Trinajstić information content (AvgIpc) is 3.52. The van der Waals surface area contributed by atoms with Crippen LogP contribution in [0.5, 0.6) is 0 Å². The van der Waals surface area contributed by atoms with Gasteiger partial charge in [-0.15, -0.1) is 0 Å². The van der Waals surface area contributed by atoms with Crippen molar-refractivity contribution in [2.75, 3.05) is 5.32 Å². The van der Waals surface area contributed by atoms with Gasteiger partial charge in [0.25, 0.3) is 5.91 Å². The summed E-state index contributed by atoms with van der Waals surface area (Å²) in [5.41, 5.74) is -1.17. The van der Waals surface area contributed by atoms with Crippen LogP contribution in [0, 0.1) is 0 Å². The third kappa shape index (κ3) is 4.92. The molecule has 1 fully saturated rings. The van der Waals surface area contributed by atoms with Crippen LogP contribution in [-0.2, 0) is 16.2 Å². The molecule has 186 valence electrons. The molecule has 0 unspecified atom stereocenters. The number of benzene rings is 2. The minimum absolute atomic E-state index is 0.0275. The lowest BCUT2D eigenvalue weighted by atomic mass is 10.1. The van der Waals surface area contributed by atoms with Crippen LogP contribution in [0.1, 0.15) is 28.9 Å². The molecule has 1 amide bonds. The molecule has 2 aromatic carbocycles. The first-order chi connectivity index (χ1) is 17.0. The fraction of sp³-hybridized carbons (Fsp3) is 0.174. The van der Waals surface area contributed by atoms with Gasteiger partial charge in [0.2, 0.25) is 10.0 Å². The van der Waals surface area contributed by atoms with Gasteiger partial charge in [-0.25, -0.2) is 22.6 Å². The zero-order valence-corrected chi connectivity index (χ0v) is 19.8. The standard InChI is InChI=1S/C23H17ClF3N5O3S/c24-14-6-4-13(5-7-14)19-11-20(23(25,26)27)32-21(30-19)18(12-28-32)22(33)29-16-2-1-3-17(10-16)36(34,35)31-15-8-9-15/h1-7,10-12,15,31H,8-9H2,(H,29,33). The Labute approximate surface area is 208 Å². The molecule has 0 atom stereocenters. The van der Waals surface area contributed by atoms with E-state index in [-0.39, 0.29) is 33.5 Å². The highest BCUT2D eigenvalue weighted by molar-refractivity contribution is 7.89. The summed E-state index contributed by atoms with van der Waals surface area (Å²) in [4.78, 5) is 17.2. The fourth-order valence-electron chi connectivity index (χ4n) is 3.52. The SMILES string of the molecule is O=C(Nc1cccc(S(=O)(=O)NC2CC2)c1)c1cnn2c(C(F)(F)F)cc(-c3ccc(Cl)cc3)nc12. The molecule has 8 nitrogen and oxygen atoms in total. The lowest BCUT2D eigenvalue weighted by molar-refractivity contribution is -0.142. The highest BCUT2D eigenvalue weighted by Crippen LogP contribution is 2.33.